The highest BCUT2D eigenvalue weighted by molar-refractivity contribution is 5.94. The fourth-order valence-corrected chi connectivity index (χ4v) is 3.21. The van der Waals surface area contributed by atoms with E-state index in [4.69, 9.17) is 0 Å². The van der Waals surface area contributed by atoms with E-state index in [9.17, 15) is 20.0 Å². The first-order valence-corrected chi connectivity index (χ1v) is 8.24. The number of benzene rings is 1. The van der Waals surface area contributed by atoms with Crippen molar-refractivity contribution in [2.45, 2.75) is 38.3 Å². The van der Waals surface area contributed by atoms with Crippen molar-refractivity contribution in [1.29, 1.82) is 0 Å². The lowest BCUT2D eigenvalue weighted by molar-refractivity contribution is -0.384. The molecular weight excluding hydrogens is 324 g/mol. The summed E-state index contributed by atoms with van der Waals surface area (Å²) in [5, 5.41) is 24.5. The Bertz CT molecular complexity index is 769. The molecule has 1 fully saturated rings. The van der Waals surface area contributed by atoms with Crippen LogP contribution < -0.4 is 0 Å². The van der Waals surface area contributed by atoms with Crippen molar-refractivity contribution in [3.05, 3.63) is 52.3 Å². The number of carbonyl (C=O) groups is 1. The molecule has 2 heterocycles. The molecule has 2 aromatic rings. The van der Waals surface area contributed by atoms with Gasteiger partial charge >= 0.3 is 0 Å². The van der Waals surface area contributed by atoms with Crippen LogP contribution in [0.15, 0.2) is 36.7 Å². The summed E-state index contributed by atoms with van der Waals surface area (Å²) in [5.41, 5.74) is 1.12. The van der Waals surface area contributed by atoms with Crippen molar-refractivity contribution in [2.24, 2.45) is 0 Å². The second kappa shape index (κ2) is 7.02. The smallest absolute Gasteiger partial charge is 0.269 e. The molecule has 8 heteroatoms. The lowest BCUT2D eigenvalue weighted by Gasteiger charge is -2.25. The van der Waals surface area contributed by atoms with E-state index >= 15 is 0 Å². The largest absolute Gasteiger partial charge is 0.393 e. The van der Waals surface area contributed by atoms with Crippen LogP contribution in [-0.2, 0) is 0 Å². The molecule has 1 aliphatic rings. The topological polar surface area (TPSA) is 102 Å². The molecule has 1 saturated heterocycles. The highest BCUT2D eigenvalue weighted by Gasteiger charge is 2.30. The summed E-state index contributed by atoms with van der Waals surface area (Å²) in [4.78, 5) is 24.8. The molecule has 1 aliphatic heterocycles. The first kappa shape index (κ1) is 17.1. The van der Waals surface area contributed by atoms with E-state index in [1.165, 1.54) is 23.0 Å². The van der Waals surface area contributed by atoms with Crippen LogP contribution in [0.2, 0.25) is 0 Å². The van der Waals surface area contributed by atoms with E-state index < -0.39 is 11.0 Å². The Morgan fingerprint density at radius 2 is 2.16 bits per heavy atom. The molecule has 2 unspecified atom stereocenters. The van der Waals surface area contributed by atoms with E-state index in [0.717, 1.165) is 12.8 Å². The van der Waals surface area contributed by atoms with Crippen molar-refractivity contribution in [3.63, 3.8) is 0 Å². The fourth-order valence-electron chi connectivity index (χ4n) is 3.21. The van der Waals surface area contributed by atoms with Gasteiger partial charge in [-0.15, -0.1) is 0 Å². The summed E-state index contributed by atoms with van der Waals surface area (Å²) >= 11 is 0. The molecule has 0 bridgehead atoms. The van der Waals surface area contributed by atoms with E-state index in [0.29, 0.717) is 24.2 Å². The molecule has 0 radical (unpaired) electrons. The normalized spacial score (nSPS) is 18.3. The van der Waals surface area contributed by atoms with Crippen LogP contribution in [0.25, 0.3) is 5.69 Å². The molecule has 0 spiro atoms. The Morgan fingerprint density at radius 3 is 2.80 bits per heavy atom. The first-order chi connectivity index (χ1) is 12.0. The van der Waals surface area contributed by atoms with Crippen molar-refractivity contribution in [2.75, 3.05) is 6.54 Å². The number of carbonyl (C=O) groups excluding carboxylic acids is 1. The van der Waals surface area contributed by atoms with Crippen molar-refractivity contribution < 1.29 is 14.8 Å². The van der Waals surface area contributed by atoms with Crippen LogP contribution >= 0.6 is 0 Å². The number of hydrogen-bond donors (Lipinski definition) is 1. The minimum atomic E-state index is -0.461. The van der Waals surface area contributed by atoms with Gasteiger partial charge in [-0.3, -0.25) is 14.9 Å². The van der Waals surface area contributed by atoms with Crippen LogP contribution in [0, 0.1) is 10.1 Å². The number of hydrogen-bond acceptors (Lipinski definition) is 5. The molecule has 2 atom stereocenters. The number of rotatable bonds is 5. The van der Waals surface area contributed by atoms with Crippen LogP contribution in [0.4, 0.5) is 5.69 Å². The Balaban J connectivity index is 1.76. The first-order valence-electron chi connectivity index (χ1n) is 8.24. The van der Waals surface area contributed by atoms with Crippen molar-refractivity contribution in [1.82, 2.24) is 14.7 Å². The maximum absolute atomic E-state index is 12.7. The fraction of sp³-hybridized carbons (Fsp3) is 0.412. The molecule has 1 aromatic carbocycles. The molecule has 1 aromatic heterocycles. The van der Waals surface area contributed by atoms with Gasteiger partial charge in [0.25, 0.3) is 11.6 Å². The van der Waals surface area contributed by atoms with E-state index in [2.05, 4.69) is 5.10 Å². The Morgan fingerprint density at radius 1 is 1.44 bits per heavy atom. The molecule has 1 amide bonds. The standard InChI is InChI=1S/C17H20N4O4/c1-12(22)9-16-3-2-8-19(16)17(23)13-10-18-20(11-13)14-4-6-15(7-5-14)21(24)25/h4-7,10-12,16,22H,2-3,8-9H2,1H3. The zero-order chi connectivity index (χ0) is 18.0. The highest BCUT2D eigenvalue weighted by Crippen LogP contribution is 2.24. The molecular formula is C17H20N4O4. The van der Waals surface area contributed by atoms with E-state index in [1.807, 2.05) is 0 Å². The molecule has 25 heavy (non-hydrogen) atoms. The number of nitrogens with zero attached hydrogens (tertiary/aromatic N) is 4. The van der Waals surface area contributed by atoms with Gasteiger partial charge in [-0.05, 0) is 38.3 Å². The zero-order valence-electron chi connectivity index (χ0n) is 13.9. The summed E-state index contributed by atoms with van der Waals surface area (Å²) in [6, 6.07) is 6.03. The van der Waals surface area contributed by atoms with Gasteiger partial charge in [-0.2, -0.15) is 5.10 Å². The van der Waals surface area contributed by atoms with E-state index in [-0.39, 0.29) is 17.6 Å². The summed E-state index contributed by atoms with van der Waals surface area (Å²) in [5.74, 6) is -0.101. The van der Waals surface area contributed by atoms with Gasteiger partial charge in [-0.1, -0.05) is 0 Å². The van der Waals surface area contributed by atoms with E-state index in [1.54, 1.807) is 30.2 Å². The van der Waals surface area contributed by atoms with Gasteiger partial charge in [0.05, 0.1) is 28.5 Å². The number of nitro groups is 1. The number of aliphatic hydroxyl groups is 1. The minimum Gasteiger partial charge on any atom is -0.393 e. The summed E-state index contributed by atoms with van der Waals surface area (Å²) in [7, 11) is 0. The lowest BCUT2D eigenvalue weighted by atomic mass is 10.1. The van der Waals surface area contributed by atoms with Crippen molar-refractivity contribution >= 4 is 11.6 Å². The Hall–Kier alpha value is -2.74. The summed E-state index contributed by atoms with van der Waals surface area (Å²) in [6.45, 7) is 2.41. The van der Waals surface area contributed by atoms with Gasteiger partial charge in [0.2, 0.25) is 0 Å². The molecule has 3 rings (SSSR count). The van der Waals surface area contributed by atoms with Gasteiger partial charge < -0.3 is 10.0 Å². The van der Waals surface area contributed by atoms with Crippen LogP contribution in [0.1, 0.15) is 36.5 Å². The number of aromatic nitrogens is 2. The second-order valence-corrected chi connectivity index (χ2v) is 6.33. The molecule has 8 nitrogen and oxygen atoms in total. The number of likely N-dealkylation sites (tertiary alicyclic amines) is 1. The molecule has 132 valence electrons. The third-order valence-corrected chi connectivity index (χ3v) is 4.41. The molecule has 0 aliphatic carbocycles. The van der Waals surface area contributed by atoms with Crippen molar-refractivity contribution in [3.8, 4) is 5.69 Å². The molecule has 0 saturated carbocycles. The summed E-state index contributed by atoms with van der Waals surface area (Å²) in [6.07, 6.45) is 5.08. The van der Waals surface area contributed by atoms with Gasteiger partial charge in [0.15, 0.2) is 0 Å². The monoisotopic (exact) mass is 344 g/mol. The van der Waals surface area contributed by atoms with Gasteiger partial charge in [-0.25, -0.2) is 4.68 Å². The minimum absolute atomic E-state index is 0.00485. The maximum Gasteiger partial charge on any atom is 0.269 e. The SMILES string of the molecule is CC(O)CC1CCCN1C(=O)c1cnn(-c2ccc([N+](=O)[O-])cc2)c1. The number of non-ortho nitro benzene ring substituents is 1. The van der Waals surface area contributed by atoms with Crippen LogP contribution in [-0.4, -0.2) is 49.3 Å². The van der Waals surface area contributed by atoms with Gasteiger partial charge in [0, 0.05) is 30.9 Å². The predicted octanol–water partition coefficient (Wildman–Crippen LogP) is 2.16. The quantitative estimate of drug-likeness (QED) is 0.661. The summed E-state index contributed by atoms with van der Waals surface area (Å²) < 4.78 is 1.52. The average molecular weight is 344 g/mol. The van der Waals surface area contributed by atoms with Crippen LogP contribution in [0.3, 0.4) is 0 Å². The maximum atomic E-state index is 12.7. The number of nitro benzene ring substituents is 1. The highest BCUT2D eigenvalue weighted by atomic mass is 16.6. The zero-order valence-corrected chi connectivity index (χ0v) is 13.9. The second-order valence-electron chi connectivity index (χ2n) is 6.33. The predicted molar refractivity (Wildman–Crippen MR) is 90.6 cm³/mol. The number of amides is 1. The van der Waals surface area contributed by atoms with Gasteiger partial charge in [0.1, 0.15) is 0 Å². The average Bonchev–Trinajstić information content (AvgIpc) is 3.23. The lowest BCUT2D eigenvalue weighted by Crippen LogP contribution is -2.37. The third kappa shape index (κ3) is 3.69. The third-order valence-electron chi connectivity index (χ3n) is 4.41. The van der Waals surface area contributed by atoms with Crippen LogP contribution in [0.5, 0.6) is 0 Å². The Labute approximate surface area is 144 Å². The molecule has 1 N–H and O–H groups in total. The Kier molecular flexibility index (Phi) is 4.80. The number of aliphatic hydroxyl groups excluding tert-OH is 1.